The molecule has 1 N–H and O–H groups in total. The first-order valence-electron chi connectivity index (χ1n) is 7.41. The molecule has 0 bridgehead atoms. The number of halogens is 1. The molecular weight excluding hydrogens is 394 g/mol. The van der Waals surface area contributed by atoms with Crippen molar-refractivity contribution < 1.29 is 14.4 Å². The molecule has 1 aromatic heterocycles. The second-order valence-electron chi connectivity index (χ2n) is 5.75. The van der Waals surface area contributed by atoms with Crippen LogP contribution in [-0.4, -0.2) is 33.6 Å². The summed E-state index contributed by atoms with van der Waals surface area (Å²) in [7, 11) is 0. The van der Waals surface area contributed by atoms with Crippen LogP contribution >= 0.6 is 27.3 Å². The van der Waals surface area contributed by atoms with Gasteiger partial charge in [0.1, 0.15) is 6.04 Å². The number of thiazole rings is 1. The second-order valence-corrected chi connectivity index (χ2v) is 7.92. The lowest BCUT2D eigenvalue weighted by Gasteiger charge is -2.29. The molecule has 6 nitrogen and oxygen atoms in total. The van der Waals surface area contributed by atoms with E-state index in [0.717, 1.165) is 20.6 Å². The van der Waals surface area contributed by atoms with Crippen LogP contribution in [0.4, 0.5) is 0 Å². The van der Waals surface area contributed by atoms with Crippen molar-refractivity contribution in [3.63, 3.8) is 0 Å². The summed E-state index contributed by atoms with van der Waals surface area (Å²) in [5.41, 5.74) is 5.01. The van der Waals surface area contributed by atoms with E-state index in [4.69, 9.17) is 0 Å². The van der Waals surface area contributed by atoms with Gasteiger partial charge in [-0.1, -0.05) is 6.07 Å². The van der Waals surface area contributed by atoms with Crippen molar-refractivity contribution in [2.75, 3.05) is 0 Å². The van der Waals surface area contributed by atoms with Crippen LogP contribution in [0.5, 0.6) is 0 Å². The van der Waals surface area contributed by atoms with Crippen molar-refractivity contribution >= 4 is 45.0 Å². The molecule has 0 aliphatic carbocycles. The fraction of sp³-hybridized carbons (Fsp3) is 0.250. The van der Waals surface area contributed by atoms with E-state index < -0.39 is 11.9 Å². The zero-order valence-electron chi connectivity index (χ0n) is 12.4. The van der Waals surface area contributed by atoms with Gasteiger partial charge >= 0.3 is 0 Å². The molecule has 24 heavy (non-hydrogen) atoms. The van der Waals surface area contributed by atoms with Crippen molar-refractivity contribution in [2.45, 2.75) is 25.4 Å². The highest BCUT2D eigenvalue weighted by Gasteiger charge is 2.39. The lowest BCUT2D eigenvalue weighted by molar-refractivity contribution is -0.136. The lowest BCUT2D eigenvalue weighted by atomic mass is 10.0. The van der Waals surface area contributed by atoms with Gasteiger partial charge in [-0.25, -0.2) is 4.98 Å². The molecule has 2 aliphatic rings. The Morgan fingerprint density at radius 2 is 2.12 bits per heavy atom. The highest BCUT2D eigenvalue weighted by atomic mass is 79.9. The third-order valence-corrected chi connectivity index (χ3v) is 5.87. The van der Waals surface area contributed by atoms with E-state index in [1.807, 2.05) is 12.1 Å². The minimum absolute atomic E-state index is 0.164. The fourth-order valence-electron chi connectivity index (χ4n) is 3.14. The standard InChI is InChI=1S/C16H12BrN3O3S/c17-14-13(18-7-24-14)8-1-2-10-9(5-8)6-20(16(10)23)11-3-4-12(21)19-15(11)22/h1-2,5,7,11H,3-4,6H2,(H,19,21,22). The minimum atomic E-state index is -0.586. The average molecular weight is 406 g/mol. The number of hydrogen-bond acceptors (Lipinski definition) is 5. The maximum Gasteiger partial charge on any atom is 0.255 e. The first-order chi connectivity index (χ1) is 11.5. The summed E-state index contributed by atoms with van der Waals surface area (Å²) in [6, 6.07) is 5.01. The Balaban J connectivity index is 1.64. The summed E-state index contributed by atoms with van der Waals surface area (Å²) in [4.78, 5) is 41.8. The van der Waals surface area contributed by atoms with Gasteiger partial charge in [-0.2, -0.15) is 0 Å². The van der Waals surface area contributed by atoms with Crippen LogP contribution in [0.1, 0.15) is 28.8 Å². The number of carbonyl (C=O) groups is 3. The third kappa shape index (κ3) is 2.46. The first kappa shape index (κ1) is 15.5. The minimum Gasteiger partial charge on any atom is -0.322 e. The van der Waals surface area contributed by atoms with Gasteiger partial charge in [-0.3, -0.25) is 19.7 Å². The molecule has 1 aromatic carbocycles. The SMILES string of the molecule is O=C1CCC(N2Cc3cc(-c4ncsc4Br)ccc3C2=O)C(=O)N1. The summed E-state index contributed by atoms with van der Waals surface area (Å²) < 4.78 is 0.939. The average Bonchev–Trinajstić information content (AvgIpc) is 3.11. The molecule has 1 fully saturated rings. The van der Waals surface area contributed by atoms with Crippen LogP contribution < -0.4 is 5.32 Å². The van der Waals surface area contributed by atoms with Gasteiger partial charge in [0.25, 0.3) is 5.91 Å². The predicted molar refractivity (Wildman–Crippen MR) is 91.3 cm³/mol. The molecule has 3 amide bonds. The molecule has 4 rings (SSSR count). The van der Waals surface area contributed by atoms with E-state index in [1.165, 1.54) is 11.3 Å². The molecular formula is C16H12BrN3O3S. The molecule has 1 unspecified atom stereocenters. The summed E-state index contributed by atoms with van der Waals surface area (Å²) in [5, 5.41) is 2.31. The summed E-state index contributed by atoms with van der Waals surface area (Å²) >= 11 is 4.98. The Labute approximate surface area is 150 Å². The fourth-order valence-corrected chi connectivity index (χ4v) is 4.26. The van der Waals surface area contributed by atoms with Gasteiger partial charge < -0.3 is 4.90 Å². The topological polar surface area (TPSA) is 79.4 Å². The lowest BCUT2D eigenvalue weighted by Crippen LogP contribution is -2.52. The highest BCUT2D eigenvalue weighted by Crippen LogP contribution is 2.34. The number of fused-ring (bicyclic) bond motifs is 1. The van der Waals surface area contributed by atoms with E-state index in [1.54, 1.807) is 16.5 Å². The number of carbonyl (C=O) groups excluding carboxylic acids is 3. The number of imide groups is 1. The molecule has 122 valence electrons. The van der Waals surface area contributed by atoms with Crippen LogP contribution in [0.25, 0.3) is 11.3 Å². The normalized spacial score (nSPS) is 20.3. The van der Waals surface area contributed by atoms with E-state index >= 15 is 0 Å². The molecule has 0 saturated carbocycles. The summed E-state index contributed by atoms with van der Waals surface area (Å²) in [6.45, 7) is 0.371. The van der Waals surface area contributed by atoms with Gasteiger partial charge in [0, 0.05) is 24.1 Å². The Bertz CT molecular complexity index is 879. The van der Waals surface area contributed by atoms with E-state index in [9.17, 15) is 14.4 Å². The summed E-state index contributed by atoms with van der Waals surface area (Å²) in [6.07, 6.45) is 0.627. The number of piperidine rings is 1. The van der Waals surface area contributed by atoms with Crippen LogP contribution in [-0.2, 0) is 16.1 Å². The molecule has 0 radical (unpaired) electrons. The van der Waals surface area contributed by atoms with Crippen molar-refractivity contribution in [1.82, 2.24) is 15.2 Å². The number of rotatable bonds is 2. The van der Waals surface area contributed by atoms with Gasteiger partial charge in [-0.15, -0.1) is 11.3 Å². The monoisotopic (exact) mass is 405 g/mol. The van der Waals surface area contributed by atoms with Crippen LogP contribution in [0.15, 0.2) is 27.5 Å². The van der Waals surface area contributed by atoms with Crippen LogP contribution in [0.2, 0.25) is 0 Å². The number of amides is 3. The largest absolute Gasteiger partial charge is 0.322 e. The predicted octanol–water partition coefficient (Wildman–Crippen LogP) is 2.33. The van der Waals surface area contributed by atoms with Gasteiger partial charge in [-0.05, 0) is 40.0 Å². The van der Waals surface area contributed by atoms with Gasteiger partial charge in [0.2, 0.25) is 11.8 Å². The molecule has 2 aromatic rings. The smallest absolute Gasteiger partial charge is 0.255 e. The molecule has 2 aliphatic heterocycles. The maximum atomic E-state index is 12.6. The van der Waals surface area contributed by atoms with E-state index in [2.05, 4.69) is 26.2 Å². The van der Waals surface area contributed by atoms with Crippen molar-refractivity contribution in [3.05, 3.63) is 38.6 Å². The molecule has 1 saturated heterocycles. The summed E-state index contributed by atoms with van der Waals surface area (Å²) in [5.74, 6) is -0.839. The Morgan fingerprint density at radius 1 is 1.29 bits per heavy atom. The molecule has 1 atom stereocenters. The number of benzene rings is 1. The molecule has 0 spiro atoms. The highest BCUT2D eigenvalue weighted by molar-refractivity contribution is 9.11. The van der Waals surface area contributed by atoms with Gasteiger partial charge in [0.05, 0.1) is 15.0 Å². The molecule has 3 heterocycles. The zero-order chi connectivity index (χ0) is 16.8. The molecule has 8 heteroatoms. The first-order valence-corrected chi connectivity index (χ1v) is 9.09. The second kappa shape index (κ2) is 5.78. The van der Waals surface area contributed by atoms with Crippen molar-refractivity contribution in [2.24, 2.45) is 0 Å². The number of nitrogens with zero attached hydrogens (tertiary/aromatic N) is 2. The quantitative estimate of drug-likeness (QED) is 0.777. The number of hydrogen-bond donors (Lipinski definition) is 1. The van der Waals surface area contributed by atoms with Crippen molar-refractivity contribution in [1.29, 1.82) is 0 Å². The van der Waals surface area contributed by atoms with Crippen LogP contribution in [0.3, 0.4) is 0 Å². The Kier molecular flexibility index (Phi) is 3.73. The van der Waals surface area contributed by atoms with E-state index in [0.29, 0.717) is 18.5 Å². The van der Waals surface area contributed by atoms with Crippen molar-refractivity contribution in [3.8, 4) is 11.3 Å². The van der Waals surface area contributed by atoms with Crippen LogP contribution in [0, 0.1) is 0 Å². The Morgan fingerprint density at radius 3 is 2.83 bits per heavy atom. The number of nitrogens with one attached hydrogen (secondary N) is 1. The van der Waals surface area contributed by atoms with E-state index in [-0.39, 0.29) is 18.2 Å². The number of aromatic nitrogens is 1. The maximum absolute atomic E-state index is 12.6. The zero-order valence-corrected chi connectivity index (χ0v) is 14.8. The third-order valence-electron chi connectivity index (χ3n) is 4.32. The Hall–Kier alpha value is -2.06. The van der Waals surface area contributed by atoms with Gasteiger partial charge in [0.15, 0.2) is 0 Å².